The summed E-state index contributed by atoms with van der Waals surface area (Å²) in [6.45, 7) is 4.52. The number of amides is 1. The first-order valence-electron chi connectivity index (χ1n) is 8.37. The number of rotatable bonds is 4. The van der Waals surface area contributed by atoms with Gasteiger partial charge in [-0.2, -0.15) is 0 Å². The van der Waals surface area contributed by atoms with Crippen LogP contribution < -0.4 is 10.2 Å². The summed E-state index contributed by atoms with van der Waals surface area (Å²) in [4.78, 5) is 19.1. The molecule has 0 radical (unpaired) electrons. The molecule has 0 spiro atoms. The summed E-state index contributed by atoms with van der Waals surface area (Å²) in [5, 5.41) is 4.67. The molecular weight excluding hydrogens is 390 g/mol. The molecular formula is C18H21BrClN3O. The predicted octanol–water partition coefficient (Wildman–Crippen LogP) is 4.39. The van der Waals surface area contributed by atoms with Crippen LogP contribution in [0.3, 0.4) is 0 Å². The Labute approximate surface area is 155 Å². The zero-order valence-electron chi connectivity index (χ0n) is 13.7. The first-order chi connectivity index (χ1) is 11.6. The van der Waals surface area contributed by atoms with Crippen molar-refractivity contribution in [1.29, 1.82) is 0 Å². The molecule has 2 aromatic rings. The van der Waals surface area contributed by atoms with Crippen molar-refractivity contribution in [3.63, 3.8) is 0 Å². The minimum atomic E-state index is 0.118. The molecule has 1 saturated heterocycles. The van der Waals surface area contributed by atoms with Crippen LogP contribution in [0.15, 0.2) is 28.7 Å². The molecule has 1 N–H and O–H groups in total. The smallest absolute Gasteiger partial charge is 0.223 e. The summed E-state index contributed by atoms with van der Waals surface area (Å²) < 4.78 is 0.952. The minimum Gasteiger partial charge on any atom is -0.357 e. The van der Waals surface area contributed by atoms with E-state index in [2.05, 4.69) is 33.1 Å². The molecule has 1 fully saturated rings. The van der Waals surface area contributed by atoms with Crippen molar-refractivity contribution in [2.45, 2.75) is 26.2 Å². The highest BCUT2D eigenvalue weighted by molar-refractivity contribution is 9.10. The molecule has 0 unspecified atom stereocenters. The number of aromatic nitrogens is 1. The lowest BCUT2D eigenvalue weighted by atomic mass is 9.96. The van der Waals surface area contributed by atoms with E-state index in [-0.39, 0.29) is 11.8 Å². The highest BCUT2D eigenvalue weighted by atomic mass is 79.9. The molecule has 1 aliphatic heterocycles. The third kappa shape index (κ3) is 3.83. The number of nitrogens with zero attached hydrogens (tertiary/aromatic N) is 2. The number of carbonyl (C=O) groups is 1. The summed E-state index contributed by atoms with van der Waals surface area (Å²) in [7, 11) is 0. The summed E-state index contributed by atoms with van der Waals surface area (Å²) in [5.74, 6) is 1.24. The first-order valence-corrected chi connectivity index (χ1v) is 9.54. The molecule has 6 heteroatoms. The van der Waals surface area contributed by atoms with Gasteiger partial charge in [-0.1, -0.05) is 34.5 Å². The normalized spacial score (nSPS) is 15.7. The van der Waals surface area contributed by atoms with Gasteiger partial charge in [0.15, 0.2) is 0 Å². The van der Waals surface area contributed by atoms with E-state index in [9.17, 15) is 4.79 Å². The van der Waals surface area contributed by atoms with Gasteiger partial charge in [0.1, 0.15) is 5.82 Å². The van der Waals surface area contributed by atoms with Gasteiger partial charge in [0.05, 0.1) is 10.5 Å². The number of hydrogen-bond donors (Lipinski definition) is 1. The van der Waals surface area contributed by atoms with Crippen LogP contribution in [0, 0.1) is 5.92 Å². The number of nitrogens with one attached hydrogen (secondary N) is 1. The average molecular weight is 411 g/mol. The fourth-order valence-electron chi connectivity index (χ4n) is 3.09. The van der Waals surface area contributed by atoms with E-state index in [1.807, 2.05) is 24.3 Å². The van der Waals surface area contributed by atoms with Crippen molar-refractivity contribution in [2.24, 2.45) is 5.92 Å². The van der Waals surface area contributed by atoms with Crippen LogP contribution >= 0.6 is 27.5 Å². The van der Waals surface area contributed by atoms with Crippen LogP contribution in [-0.4, -0.2) is 30.5 Å². The Morgan fingerprint density at radius 2 is 2.12 bits per heavy atom. The van der Waals surface area contributed by atoms with Crippen LogP contribution in [0.2, 0.25) is 5.02 Å². The first kappa shape index (κ1) is 17.5. The lowest BCUT2D eigenvalue weighted by molar-refractivity contribution is -0.125. The van der Waals surface area contributed by atoms with Gasteiger partial charge >= 0.3 is 0 Å². The van der Waals surface area contributed by atoms with Crippen molar-refractivity contribution in [3.05, 3.63) is 33.8 Å². The van der Waals surface area contributed by atoms with Gasteiger partial charge in [0.25, 0.3) is 0 Å². The van der Waals surface area contributed by atoms with Gasteiger partial charge in [0.2, 0.25) is 5.91 Å². The maximum Gasteiger partial charge on any atom is 0.223 e. The summed E-state index contributed by atoms with van der Waals surface area (Å²) in [6, 6.07) is 7.96. The van der Waals surface area contributed by atoms with E-state index in [0.717, 1.165) is 60.1 Å². The molecule has 2 heterocycles. The van der Waals surface area contributed by atoms with Crippen LogP contribution in [-0.2, 0) is 4.79 Å². The lowest BCUT2D eigenvalue weighted by Gasteiger charge is -2.32. The van der Waals surface area contributed by atoms with Crippen molar-refractivity contribution in [3.8, 4) is 0 Å². The van der Waals surface area contributed by atoms with E-state index in [0.29, 0.717) is 5.02 Å². The van der Waals surface area contributed by atoms with Gasteiger partial charge in [-0.3, -0.25) is 4.79 Å². The van der Waals surface area contributed by atoms with Gasteiger partial charge in [0, 0.05) is 35.4 Å². The van der Waals surface area contributed by atoms with Crippen molar-refractivity contribution in [1.82, 2.24) is 10.3 Å². The molecule has 1 aliphatic rings. The quantitative estimate of drug-likeness (QED) is 0.813. The fraction of sp³-hybridized carbons (Fsp3) is 0.444. The number of fused-ring (bicyclic) bond motifs is 1. The van der Waals surface area contributed by atoms with Gasteiger partial charge in [-0.15, -0.1) is 0 Å². The highest BCUT2D eigenvalue weighted by Gasteiger charge is 2.25. The zero-order chi connectivity index (χ0) is 17.1. The van der Waals surface area contributed by atoms with Crippen LogP contribution in [0.5, 0.6) is 0 Å². The number of halogens is 2. The largest absolute Gasteiger partial charge is 0.357 e. The molecule has 1 aromatic heterocycles. The topological polar surface area (TPSA) is 45.2 Å². The minimum absolute atomic E-state index is 0.118. The molecule has 0 bridgehead atoms. The van der Waals surface area contributed by atoms with Crippen molar-refractivity contribution >= 4 is 50.2 Å². The molecule has 1 aromatic carbocycles. The predicted molar refractivity (Wildman–Crippen MR) is 103 cm³/mol. The Kier molecular flexibility index (Phi) is 5.61. The molecule has 24 heavy (non-hydrogen) atoms. The number of pyridine rings is 1. The number of benzene rings is 1. The second-order valence-corrected chi connectivity index (χ2v) is 7.50. The zero-order valence-corrected chi connectivity index (χ0v) is 16.0. The standard InChI is InChI=1S/C18H21BrClN3O/c1-2-7-21-18(24)12-5-8-23(9-6-12)16-4-3-13-10-14(19)11-15(20)17(13)22-16/h3-4,10-12H,2,5-9H2,1H3,(H,21,24). The third-order valence-electron chi connectivity index (χ3n) is 4.43. The SMILES string of the molecule is CCCNC(=O)C1CCN(c2ccc3cc(Br)cc(Cl)c3n2)CC1. The molecule has 0 aliphatic carbocycles. The van der Waals surface area contributed by atoms with E-state index in [1.165, 1.54) is 0 Å². The highest BCUT2D eigenvalue weighted by Crippen LogP contribution is 2.30. The number of anilines is 1. The molecule has 1 amide bonds. The van der Waals surface area contributed by atoms with Crippen molar-refractivity contribution < 1.29 is 4.79 Å². The van der Waals surface area contributed by atoms with E-state index >= 15 is 0 Å². The second kappa shape index (κ2) is 7.70. The molecule has 0 saturated carbocycles. The lowest BCUT2D eigenvalue weighted by Crippen LogP contribution is -2.41. The van der Waals surface area contributed by atoms with Crippen molar-refractivity contribution in [2.75, 3.05) is 24.5 Å². The monoisotopic (exact) mass is 409 g/mol. The average Bonchev–Trinajstić information content (AvgIpc) is 2.59. The van der Waals surface area contributed by atoms with Gasteiger partial charge in [-0.25, -0.2) is 4.98 Å². The summed E-state index contributed by atoms with van der Waals surface area (Å²) in [6.07, 6.45) is 2.70. The van der Waals surface area contributed by atoms with Gasteiger partial charge in [-0.05, 0) is 43.5 Å². The van der Waals surface area contributed by atoms with Crippen LogP contribution in [0.25, 0.3) is 10.9 Å². The number of hydrogen-bond acceptors (Lipinski definition) is 3. The Morgan fingerprint density at radius 1 is 1.38 bits per heavy atom. The Bertz CT molecular complexity index is 744. The summed E-state index contributed by atoms with van der Waals surface area (Å²) in [5.41, 5.74) is 0.820. The molecule has 4 nitrogen and oxygen atoms in total. The fourth-order valence-corrected chi connectivity index (χ4v) is 3.96. The Balaban J connectivity index is 1.70. The van der Waals surface area contributed by atoms with E-state index in [1.54, 1.807) is 0 Å². The second-order valence-electron chi connectivity index (χ2n) is 6.18. The maximum absolute atomic E-state index is 12.1. The molecule has 0 atom stereocenters. The van der Waals surface area contributed by atoms with E-state index in [4.69, 9.17) is 16.6 Å². The number of carbonyl (C=O) groups excluding carboxylic acids is 1. The van der Waals surface area contributed by atoms with E-state index < -0.39 is 0 Å². The Morgan fingerprint density at radius 3 is 2.83 bits per heavy atom. The van der Waals surface area contributed by atoms with Gasteiger partial charge < -0.3 is 10.2 Å². The Hall–Kier alpha value is -1.33. The maximum atomic E-state index is 12.1. The van der Waals surface area contributed by atoms with Crippen LogP contribution in [0.4, 0.5) is 5.82 Å². The summed E-state index contributed by atoms with van der Waals surface area (Å²) >= 11 is 9.78. The third-order valence-corrected chi connectivity index (χ3v) is 5.18. The molecule has 128 valence electrons. The molecule has 3 rings (SSSR count). The number of piperidine rings is 1. The van der Waals surface area contributed by atoms with Crippen LogP contribution in [0.1, 0.15) is 26.2 Å².